The van der Waals surface area contributed by atoms with Gasteiger partial charge in [0.2, 0.25) is 0 Å². The number of hydrogen-bond acceptors (Lipinski definition) is 5. The molecule has 1 saturated carbocycles. The van der Waals surface area contributed by atoms with Gasteiger partial charge in [0.15, 0.2) is 0 Å². The molecule has 0 spiro atoms. The molecule has 0 radical (unpaired) electrons. The second kappa shape index (κ2) is 8.42. The number of nitrogens with two attached hydrogens (primary N) is 1. The first-order valence-electron chi connectivity index (χ1n) is 8.39. The molecule has 2 aromatic rings. The number of aromatic nitrogens is 2. The predicted molar refractivity (Wildman–Crippen MR) is 95.1 cm³/mol. The Bertz CT molecular complexity index is 884. The number of carboxylic acid groups (broad SMARTS) is 1. The zero-order valence-corrected chi connectivity index (χ0v) is 15.1. The Balaban J connectivity index is 0.000000345. The minimum Gasteiger partial charge on any atom is -0.475 e. The SMILES string of the molecule is COC(=O)C=Cc1ccc2c(c1)ncn2C1(N)CCCC1.O=C(O)C(F)(F)F. The zero-order valence-electron chi connectivity index (χ0n) is 15.1. The quantitative estimate of drug-likeness (QED) is 0.607. The van der Waals surface area contributed by atoms with Crippen LogP contribution in [0, 0.1) is 0 Å². The van der Waals surface area contributed by atoms with Crippen LogP contribution in [0.1, 0.15) is 31.2 Å². The Kier molecular flexibility index (Phi) is 6.45. The average molecular weight is 399 g/mol. The molecular weight excluding hydrogens is 379 g/mol. The molecule has 0 unspecified atom stereocenters. The summed E-state index contributed by atoms with van der Waals surface area (Å²) in [5.74, 6) is -3.13. The highest BCUT2D eigenvalue weighted by Gasteiger charge is 2.38. The summed E-state index contributed by atoms with van der Waals surface area (Å²) >= 11 is 0. The number of fused-ring (bicyclic) bond motifs is 1. The number of hydrogen-bond donors (Lipinski definition) is 2. The Morgan fingerprint density at radius 2 is 1.93 bits per heavy atom. The standard InChI is InChI=1S/C16H19N3O2.C2HF3O2/c1-21-15(20)7-5-12-4-6-14-13(10-12)18-11-19(14)16(17)8-2-3-9-16;3-2(4,5)1(6)7/h4-7,10-11H,2-3,8-9,17H2,1H3;(H,6,7). The van der Waals surface area contributed by atoms with Crippen LogP contribution in [-0.4, -0.2) is 39.9 Å². The highest BCUT2D eigenvalue weighted by atomic mass is 19.4. The van der Waals surface area contributed by atoms with Crippen LogP contribution in [0.25, 0.3) is 17.1 Å². The lowest BCUT2D eigenvalue weighted by molar-refractivity contribution is -0.192. The van der Waals surface area contributed by atoms with E-state index >= 15 is 0 Å². The lowest BCUT2D eigenvalue weighted by Crippen LogP contribution is -2.39. The number of carbonyl (C=O) groups excluding carboxylic acids is 1. The van der Waals surface area contributed by atoms with E-state index in [1.807, 2.05) is 24.5 Å². The summed E-state index contributed by atoms with van der Waals surface area (Å²) in [7, 11) is 1.36. The number of benzene rings is 1. The van der Waals surface area contributed by atoms with Gasteiger partial charge in [-0.1, -0.05) is 6.07 Å². The van der Waals surface area contributed by atoms with Crippen LogP contribution in [0.15, 0.2) is 30.6 Å². The first-order valence-corrected chi connectivity index (χ1v) is 8.39. The summed E-state index contributed by atoms with van der Waals surface area (Å²) in [6.07, 6.45) is 4.17. The molecule has 0 aliphatic heterocycles. The van der Waals surface area contributed by atoms with E-state index in [0.29, 0.717) is 0 Å². The van der Waals surface area contributed by atoms with Gasteiger partial charge in [0, 0.05) is 6.08 Å². The molecule has 0 atom stereocenters. The maximum Gasteiger partial charge on any atom is 0.490 e. The molecule has 7 nitrogen and oxygen atoms in total. The van der Waals surface area contributed by atoms with Crippen molar-refractivity contribution in [1.82, 2.24) is 9.55 Å². The maximum absolute atomic E-state index is 11.1. The van der Waals surface area contributed by atoms with Gasteiger partial charge in [-0.05, 0) is 49.5 Å². The van der Waals surface area contributed by atoms with Crippen molar-refractivity contribution in [3.8, 4) is 0 Å². The topological polar surface area (TPSA) is 107 Å². The Hall–Kier alpha value is -2.88. The molecule has 3 N–H and O–H groups in total. The van der Waals surface area contributed by atoms with Gasteiger partial charge < -0.3 is 20.1 Å². The molecule has 0 saturated heterocycles. The van der Waals surface area contributed by atoms with Gasteiger partial charge >= 0.3 is 18.1 Å². The normalized spacial score (nSPS) is 16.0. The fraction of sp³-hybridized carbons (Fsp3) is 0.389. The Labute approximate surface area is 158 Å². The maximum atomic E-state index is 11.1. The molecule has 1 aliphatic rings. The van der Waals surface area contributed by atoms with Gasteiger partial charge in [-0.2, -0.15) is 13.2 Å². The molecule has 10 heteroatoms. The van der Waals surface area contributed by atoms with Crippen molar-refractivity contribution < 1.29 is 32.6 Å². The number of esters is 1. The van der Waals surface area contributed by atoms with Crippen LogP contribution in [0.2, 0.25) is 0 Å². The minimum absolute atomic E-state index is 0.307. The average Bonchev–Trinajstić information content (AvgIpc) is 3.26. The fourth-order valence-electron chi connectivity index (χ4n) is 2.95. The lowest BCUT2D eigenvalue weighted by atomic mass is 10.1. The van der Waals surface area contributed by atoms with Crippen molar-refractivity contribution in [1.29, 1.82) is 0 Å². The lowest BCUT2D eigenvalue weighted by Gasteiger charge is -2.26. The molecular formula is C18H20F3N3O4. The largest absolute Gasteiger partial charge is 0.490 e. The number of carbonyl (C=O) groups is 2. The van der Waals surface area contributed by atoms with E-state index in [1.165, 1.54) is 13.2 Å². The first kappa shape index (κ1) is 21.4. The van der Waals surface area contributed by atoms with Crippen LogP contribution >= 0.6 is 0 Å². The van der Waals surface area contributed by atoms with Gasteiger partial charge in [-0.3, -0.25) is 0 Å². The van der Waals surface area contributed by atoms with Crippen molar-refractivity contribution in [2.24, 2.45) is 5.73 Å². The molecule has 1 fully saturated rings. The third kappa shape index (κ3) is 5.10. The number of halogens is 3. The number of alkyl halides is 3. The smallest absolute Gasteiger partial charge is 0.475 e. The predicted octanol–water partition coefficient (Wildman–Crippen LogP) is 3.04. The molecule has 0 bridgehead atoms. The third-order valence-corrected chi connectivity index (χ3v) is 4.38. The number of aliphatic carboxylic acids is 1. The van der Waals surface area contributed by atoms with Crippen molar-refractivity contribution in [2.45, 2.75) is 37.5 Å². The van der Waals surface area contributed by atoms with Gasteiger partial charge in [-0.15, -0.1) is 0 Å². The van der Waals surface area contributed by atoms with E-state index in [0.717, 1.165) is 42.3 Å². The van der Waals surface area contributed by atoms with Crippen LogP contribution in [0.5, 0.6) is 0 Å². The summed E-state index contributed by atoms with van der Waals surface area (Å²) in [4.78, 5) is 24.5. The molecule has 152 valence electrons. The van der Waals surface area contributed by atoms with Crippen molar-refractivity contribution >= 4 is 29.0 Å². The minimum atomic E-state index is -5.08. The number of carboxylic acids is 1. The summed E-state index contributed by atoms with van der Waals surface area (Å²) in [5.41, 5.74) is 9.02. The van der Waals surface area contributed by atoms with Crippen LogP contribution in [-0.2, 0) is 20.0 Å². The van der Waals surface area contributed by atoms with E-state index < -0.39 is 12.1 Å². The summed E-state index contributed by atoms with van der Waals surface area (Å²) in [6.45, 7) is 0. The zero-order chi connectivity index (χ0) is 20.9. The number of imidazole rings is 1. The fourth-order valence-corrected chi connectivity index (χ4v) is 2.95. The van der Waals surface area contributed by atoms with Crippen molar-refractivity contribution in [2.75, 3.05) is 7.11 Å². The monoisotopic (exact) mass is 399 g/mol. The highest BCUT2D eigenvalue weighted by molar-refractivity contribution is 5.88. The molecule has 28 heavy (non-hydrogen) atoms. The van der Waals surface area contributed by atoms with Crippen LogP contribution < -0.4 is 5.73 Å². The van der Waals surface area contributed by atoms with E-state index in [1.54, 1.807) is 6.08 Å². The number of ether oxygens (including phenoxy) is 1. The molecule has 3 rings (SSSR count). The number of nitrogens with zero attached hydrogens (tertiary/aromatic N) is 2. The van der Waals surface area contributed by atoms with Crippen LogP contribution in [0.3, 0.4) is 0 Å². The van der Waals surface area contributed by atoms with Gasteiger partial charge in [0.1, 0.15) is 0 Å². The second-order valence-corrected chi connectivity index (χ2v) is 6.33. The summed E-state index contributed by atoms with van der Waals surface area (Å²) < 4.78 is 38.4. The molecule has 1 aliphatic carbocycles. The van der Waals surface area contributed by atoms with Gasteiger partial charge in [0.25, 0.3) is 0 Å². The molecule has 1 heterocycles. The van der Waals surface area contributed by atoms with Crippen molar-refractivity contribution in [3.63, 3.8) is 0 Å². The molecule has 0 amide bonds. The van der Waals surface area contributed by atoms with Crippen molar-refractivity contribution in [3.05, 3.63) is 36.2 Å². The van der Waals surface area contributed by atoms with E-state index in [9.17, 15) is 18.0 Å². The number of rotatable bonds is 3. The molecule has 1 aromatic carbocycles. The summed E-state index contributed by atoms with van der Waals surface area (Å²) in [5, 5.41) is 7.12. The number of methoxy groups -OCH3 is 1. The Morgan fingerprint density at radius 1 is 1.32 bits per heavy atom. The second-order valence-electron chi connectivity index (χ2n) is 6.33. The van der Waals surface area contributed by atoms with E-state index in [-0.39, 0.29) is 11.6 Å². The van der Waals surface area contributed by atoms with Gasteiger partial charge in [-0.25, -0.2) is 14.6 Å². The van der Waals surface area contributed by atoms with E-state index in [2.05, 4.69) is 14.3 Å². The summed E-state index contributed by atoms with van der Waals surface area (Å²) in [6, 6.07) is 5.91. The van der Waals surface area contributed by atoms with Crippen LogP contribution in [0.4, 0.5) is 13.2 Å². The molecule has 1 aromatic heterocycles. The first-order chi connectivity index (χ1) is 13.1. The highest BCUT2D eigenvalue weighted by Crippen LogP contribution is 2.34. The van der Waals surface area contributed by atoms with Gasteiger partial charge in [0.05, 0.1) is 30.1 Å². The Morgan fingerprint density at radius 3 is 2.46 bits per heavy atom. The third-order valence-electron chi connectivity index (χ3n) is 4.38. The van der Waals surface area contributed by atoms with E-state index in [4.69, 9.17) is 15.6 Å².